The molecule has 1 aliphatic heterocycles. The smallest absolute Gasteiger partial charge is 0.308 e. The highest BCUT2D eigenvalue weighted by Crippen LogP contribution is 2.15. The molecule has 4 nitrogen and oxygen atoms in total. The van der Waals surface area contributed by atoms with E-state index in [1.165, 1.54) is 7.11 Å². The Bertz CT molecular complexity index is 232. The first-order valence-corrected chi connectivity index (χ1v) is 6.00. The molecule has 1 aliphatic rings. The third kappa shape index (κ3) is 3.76. The van der Waals surface area contributed by atoms with Crippen molar-refractivity contribution in [3.05, 3.63) is 0 Å². The average Bonchev–Trinajstić information content (AvgIpc) is 2.63. The predicted octanol–water partition coefficient (Wildman–Crippen LogP) is 1.34. The summed E-state index contributed by atoms with van der Waals surface area (Å²) in [6.45, 7) is 6.92. The molecule has 0 aromatic rings. The number of ether oxygens (including phenoxy) is 2. The number of hydrogen-bond acceptors (Lipinski definition) is 4. The van der Waals surface area contributed by atoms with E-state index >= 15 is 0 Å². The molecule has 0 bridgehead atoms. The van der Waals surface area contributed by atoms with Crippen LogP contribution >= 0.6 is 0 Å². The molecule has 0 spiro atoms. The summed E-state index contributed by atoms with van der Waals surface area (Å²) in [5, 5.41) is 3.51. The van der Waals surface area contributed by atoms with Gasteiger partial charge in [0.25, 0.3) is 0 Å². The van der Waals surface area contributed by atoms with E-state index < -0.39 is 0 Å². The number of carbonyl (C=O) groups is 1. The Labute approximate surface area is 97.7 Å². The molecule has 4 heteroatoms. The second kappa shape index (κ2) is 6.21. The van der Waals surface area contributed by atoms with E-state index in [1.807, 2.05) is 6.92 Å². The van der Waals surface area contributed by atoms with Gasteiger partial charge in [0.15, 0.2) is 0 Å². The molecule has 4 unspecified atom stereocenters. The van der Waals surface area contributed by atoms with Crippen LogP contribution < -0.4 is 5.32 Å². The SMILES string of the molecule is COC(=O)C(C)CC(C)NC1CCOC1C. The summed E-state index contributed by atoms with van der Waals surface area (Å²) in [6, 6.07) is 0.725. The van der Waals surface area contributed by atoms with Crippen molar-refractivity contribution in [1.82, 2.24) is 5.32 Å². The van der Waals surface area contributed by atoms with Gasteiger partial charge < -0.3 is 14.8 Å². The Morgan fingerprint density at radius 1 is 1.56 bits per heavy atom. The molecule has 94 valence electrons. The van der Waals surface area contributed by atoms with Gasteiger partial charge in [-0.25, -0.2) is 0 Å². The summed E-state index contributed by atoms with van der Waals surface area (Å²) < 4.78 is 10.2. The van der Waals surface area contributed by atoms with Crippen LogP contribution in [0.2, 0.25) is 0 Å². The van der Waals surface area contributed by atoms with E-state index in [-0.39, 0.29) is 18.0 Å². The summed E-state index contributed by atoms with van der Waals surface area (Å²) in [6.07, 6.45) is 2.13. The quantitative estimate of drug-likeness (QED) is 0.723. The Kier molecular flexibility index (Phi) is 5.22. The van der Waals surface area contributed by atoms with E-state index in [9.17, 15) is 4.79 Å². The van der Waals surface area contributed by atoms with Crippen LogP contribution in [-0.4, -0.2) is 37.9 Å². The summed E-state index contributed by atoms with van der Waals surface area (Å²) in [4.78, 5) is 11.3. The first-order valence-electron chi connectivity index (χ1n) is 6.00. The lowest BCUT2D eigenvalue weighted by Crippen LogP contribution is -2.41. The number of nitrogens with one attached hydrogen (secondary N) is 1. The van der Waals surface area contributed by atoms with Crippen molar-refractivity contribution in [2.24, 2.45) is 5.92 Å². The Morgan fingerprint density at radius 2 is 2.25 bits per heavy atom. The standard InChI is InChI=1S/C12H23NO3/c1-8(12(14)15-4)7-9(2)13-11-5-6-16-10(11)3/h8-11,13H,5-7H2,1-4H3. The van der Waals surface area contributed by atoms with Gasteiger partial charge in [-0.2, -0.15) is 0 Å². The highest BCUT2D eigenvalue weighted by molar-refractivity contribution is 5.71. The maximum Gasteiger partial charge on any atom is 0.308 e. The molecule has 1 fully saturated rings. The van der Waals surface area contributed by atoms with Crippen molar-refractivity contribution >= 4 is 5.97 Å². The van der Waals surface area contributed by atoms with Gasteiger partial charge in [-0.1, -0.05) is 6.92 Å². The first kappa shape index (κ1) is 13.5. The summed E-state index contributed by atoms with van der Waals surface area (Å²) in [7, 11) is 1.43. The van der Waals surface area contributed by atoms with E-state index in [0.717, 1.165) is 19.4 Å². The zero-order chi connectivity index (χ0) is 12.1. The molecule has 1 heterocycles. The lowest BCUT2D eigenvalue weighted by molar-refractivity contribution is -0.145. The van der Waals surface area contributed by atoms with Crippen LogP contribution in [-0.2, 0) is 14.3 Å². The van der Waals surface area contributed by atoms with Crippen LogP contribution in [0.15, 0.2) is 0 Å². The molecule has 1 saturated heterocycles. The normalized spacial score (nSPS) is 28.8. The predicted molar refractivity (Wildman–Crippen MR) is 62.2 cm³/mol. The third-order valence-corrected chi connectivity index (χ3v) is 3.19. The van der Waals surface area contributed by atoms with Gasteiger partial charge in [0, 0.05) is 18.7 Å². The minimum atomic E-state index is -0.135. The van der Waals surface area contributed by atoms with Gasteiger partial charge in [-0.3, -0.25) is 4.79 Å². The maximum absolute atomic E-state index is 11.3. The molecular formula is C12H23NO3. The van der Waals surface area contributed by atoms with Gasteiger partial charge >= 0.3 is 5.97 Å². The zero-order valence-electron chi connectivity index (χ0n) is 10.7. The van der Waals surface area contributed by atoms with Crippen LogP contribution in [0.3, 0.4) is 0 Å². The Balaban J connectivity index is 2.29. The second-order valence-electron chi connectivity index (χ2n) is 4.70. The topological polar surface area (TPSA) is 47.6 Å². The van der Waals surface area contributed by atoms with Crippen molar-refractivity contribution in [3.63, 3.8) is 0 Å². The Morgan fingerprint density at radius 3 is 2.75 bits per heavy atom. The van der Waals surface area contributed by atoms with Crippen LogP contribution in [0, 0.1) is 5.92 Å². The highest BCUT2D eigenvalue weighted by Gasteiger charge is 2.26. The fraction of sp³-hybridized carbons (Fsp3) is 0.917. The van der Waals surface area contributed by atoms with E-state index in [4.69, 9.17) is 9.47 Å². The van der Waals surface area contributed by atoms with Crippen LogP contribution in [0.5, 0.6) is 0 Å². The van der Waals surface area contributed by atoms with Crippen molar-refractivity contribution < 1.29 is 14.3 Å². The fourth-order valence-corrected chi connectivity index (χ4v) is 2.21. The molecule has 0 aromatic heterocycles. The molecule has 0 saturated carbocycles. The largest absolute Gasteiger partial charge is 0.469 e. The molecule has 0 aromatic carbocycles. The van der Waals surface area contributed by atoms with E-state index in [2.05, 4.69) is 19.2 Å². The lowest BCUT2D eigenvalue weighted by Gasteiger charge is -2.23. The van der Waals surface area contributed by atoms with Crippen molar-refractivity contribution in [2.75, 3.05) is 13.7 Å². The number of carbonyl (C=O) groups excluding carboxylic acids is 1. The number of rotatable bonds is 5. The monoisotopic (exact) mass is 229 g/mol. The molecular weight excluding hydrogens is 206 g/mol. The van der Waals surface area contributed by atoms with Gasteiger partial charge in [0.05, 0.1) is 19.1 Å². The van der Waals surface area contributed by atoms with E-state index in [1.54, 1.807) is 0 Å². The molecule has 16 heavy (non-hydrogen) atoms. The molecule has 4 atom stereocenters. The first-order chi connectivity index (χ1) is 7.54. The molecule has 1 rings (SSSR count). The summed E-state index contributed by atoms with van der Waals surface area (Å²) >= 11 is 0. The maximum atomic E-state index is 11.3. The molecule has 0 amide bonds. The van der Waals surface area contributed by atoms with Crippen LogP contribution in [0.1, 0.15) is 33.6 Å². The highest BCUT2D eigenvalue weighted by atomic mass is 16.5. The number of methoxy groups -OCH3 is 1. The summed E-state index contributed by atoms with van der Waals surface area (Å²) in [5.74, 6) is -0.186. The lowest BCUT2D eigenvalue weighted by atomic mass is 10.0. The average molecular weight is 229 g/mol. The van der Waals surface area contributed by atoms with Crippen molar-refractivity contribution in [2.45, 2.75) is 51.8 Å². The van der Waals surface area contributed by atoms with Gasteiger partial charge in [0.2, 0.25) is 0 Å². The molecule has 1 N–H and O–H groups in total. The van der Waals surface area contributed by atoms with Gasteiger partial charge in [-0.05, 0) is 26.7 Å². The third-order valence-electron chi connectivity index (χ3n) is 3.19. The minimum absolute atomic E-state index is 0.0508. The van der Waals surface area contributed by atoms with Gasteiger partial charge in [0.1, 0.15) is 0 Å². The summed E-state index contributed by atoms with van der Waals surface area (Å²) in [5.41, 5.74) is 0. The molecule has 0 aliphatic carbocycles. The van der Waals surface area contributed by atoms with Gasteiger partial charge in [-0.15, -0.1) is 0 Å². The number of esters is 1. The van der Waals surface area contributed by atoms with Crippen LogP contribution in [0.4, 0.5) is 0 Å². The van der Waals surface area contributed by atoms with Crippen molar-refractivity contribution in [3.8, 4) is 0 Å². The van der Waals surface area contributed by atoms with Crippen LogP contribution in [0.25, 0.3) is 0 Å². The zero-order valence-corrected chi connectivity index (χ0v) is 10.7. The van der Waals surface area contributed by atoms with Crippen molar-refractivity contribution in [1.29, 1.82) is 0 Å². The fourth-order valence-electron chi connectivity index (χ4n) is 2.21. The number of hydrogen-bond donors (Lipinski definition) is 1. The minimum Gasteiger partial charge on any atom is -0.469 e. The van der Waals surface area contributed by atoms with E-state index in [0.29, 0.717) is 12.1 Å². The molecule has 0 radical (unpaired) electrons. The Hall–Kier alpha value is -0.610. The second-order valence-corrected chi connectivity index (χ2v) is 4.70.